The minimum absolute atomic E-state index is 0.315. The summed E-state index contributed by atoms with van der Waals surface area (Å²) >= 11 is 0. The molecule has 0 radical (unpaired) electrons. The minimum Gasteiger partial charge on any atom is -0.478 e. The second-order valence-corrected chi connectivity index (χ2v) is 7.04. The Morgan fingerprint density at radius 1 is 1.22 bits per heavy atom. The van der Waals surface area contributed by atoms with E-state index in [-0.39, 0.29) is 5.56 Å². The number of hydrogen-bond donors (Lipinski definition) is 1. The number of fused-ring (bicyclic) bond motifs is 1. The highest BCUT2D eigenvalue weighted by molar-refractivity contribution is 5.88. The van der Waals surface area contributed by atoms with Crippen molar-refractivity contribution in [2.24, 2.45) is 0 Å². The summed E-state index contributed by atoms with van der Waals surface area (Å²) < 4.78 is 15.6. The molecule has 138 valence electrons. The topological polar surface area (TPSA) is 58.4 Å². The van der Waals surface area contributed by atoms with Crippen molar-refractivity contribution < 1.29 is 14.3 Å². The molecule has 1 N–H and O–H groups in total. The maximum Gasteiger partial charge on any atom is 0.338 e. The summed E-state index contributed by atoms with van der Waals surface area (Å²) in [7, 11) is 2.06. The first-order valence-corrected chi connectivity index (χ1v) is 8.79. The fraction of sp³-hybridized carbons (Fsp3) is 0.238. The molecule has 0 atom stereocenters. The van der Waals surface area contributed by atoms with Crippen LogP contribution in [0.3, 0.4) is 0 Å². The highest BCUT2D eigenvalue weighted by Gasteiger charge is 2.27. The number of carbonyl (C=O) groups is 1. The van der Waals surface area contributed by atoms with Gasteiger partial charge in [-0.2, -0.15) is 5.10 Å². The fourth-order valence-corrected chi connectivity index (χ4v) is 3.69. The molecule has 1 aliphatic heterocycles. The molecule has 0 aliphatic carbocycles. The van der Waals surface area contributed by atoms with Crippen molar-refractivity contribution in [3.63, 3.8) is 0 Å². The lowest BCUT2D eigenvalue weighted by molar-refractivity contribution is 0.0691. The third-order valence-corrected chi connectivity index (χ3v) is 4.98. The number of aromatic nitrogens is 2. The number of rotatable bonds is 4. The molecule has 2 aromatic carbocycles. The normalized spacial score (nSPS) is 13.7. The summed E-state index contributed by atoms with van der Waals surface area (Å²) in [6.07, 6.45) is 0. The number of carboxylic acids is 1. The van der Waals surface area contributed by atoms with Crippen LogP contribution in [0, 0.1) is 12.7 Å². The van der Waals surface area contributed by atoms with E-state index in [1.165, 1.54) is 17.7 Å². The van der Waals surface area contributed by atoms with Crippen LogP contribution in [0.1, 0.15) is 32.7 Å². The molecule has 0 unspecified atom stereocenters. The SMILES string of the molecule is Cc1ccccc1-c1c2c(nn1Cc1ccc(F)c(C(=O)O)c1)CN(C)C2. The lowest BCUT2D eigenvalue weighted by Crippen LogP contribution is -2.13. The third kappa shape index (κ3) is 3.13. The van der Waals surface area contributed by atoms with Crippen molar-refractivity contribution in [2.45, 2.75) is 26.6 Å². The molecule has 4 rings (SSSR count). The molecule has 6 heteroatoms. The fourth-order valence-electron chi connectivity index (χ4n) is 3.69. The predicted octanol–water partition coefficient (Wildman–Crippen LogP) is 3.69. The lowest BCUT2D eigenvalue weighted by Gasteiger charge is -2.14. The molecule has 2 heterocycles. The van der Waals surface area contributed by atoms with Crippen molar-refractivity contribution >= 4 is 5.97 Å². The van der Waals surface area contributed by atoms with E-state index >= 15 is 0 Å². The van der Waals surface area contributed by atoms with Gasteiger partial charge in [-0.25, -0.2) is 9.18 Å². The summed E-state index contributed by atoms with van der Waals surface area (Å²) in [5.41, 5.74) is 5.95. The number of benzene rings is 2. The molecule has 1 aliphatic rings. The predicted molar refractivity (Wildman–Crippen MR) is 100 cm³/mol. The van der Waals surface area contributed by atoms with Crippen LogP contribution in [0.5, 0.6) is 0 Å². The van der Waals surface area contributed by atoms with E-state index in [4.69, 9.17) is 5.10 Å². The maximum absolute atomic E-state index is 13.7. The number of aromatic carboxylic acids is 1. The Morgan fingerprint density at radius 3 is 2.74 bits per heavy atom. The summed E-state index contributed by atoms with van der Waals surface area (Å²) in [5, 5.41) is 14.0. The van der Waals surface area contributed by atoms with E-state index in [0.717, 1.165) is 35.6 Å². The van der Waals surface area contributed by atoms with E-state index in [0.29, 0.717) is 12.1 Å². The van der Waals surface area contributed by atoms with Crippen LogP contribution in [0.25, 0.3) is 11.3 Å². The Bertz CT molecular complexity index is 1040. The van der Waals surface area contributed by atoms with E-state index in [2.05, 4.69) is 31.0 Å². The molecule has 0 bridgehead atoms. The monoisotopic (exact) mass is 365 g/mol. The van der Waals surface area contributed by atoms with Gasteiger partial charge in [-0.1, -0.05) is 30.3 Å². The number of halogens is 1. The van der Waals surface area contributed by atoms with Gasteiger partial charge in [-0.15, -0.1) is 0 Å². The van der Waals surface area contributed by atoms with Crippen LogP contribution in [0.15, 0.2) is 42.5 Å². The maximum atomic E-state index is 13.7. The van der Waals surface area contributed by atoms with E-state index < -0.39 is 11.8 Å². The molecular formula is C21H20FN3O2. The standard InChI is InChI=1S/C21H20FN3O2/c1-13-5-3-4-6-15(13)20-17-11-24(2)12-19(17)23-25(20)10-14-7-8-18(22)16(9-14)21(26)27/h3-9H,10-12H2,1-2H3,(H,26,27). The minimum atomic E-state index is -1.27. The van der Waals surface area contributed by atoms with Crippen LogP contribution < -0.4 is 0 Å². The quantitative estimate of drug-likeness (QED) is 0.766. The first-order valence-electron chi connectivity index (χ1n) is 8.79. The smallest absolute Gasteiger partial charge is 0.338 e. The van der Waals surface area contributed by atoms with Gasteiger partial charge in [-0.3, -0.25) is 9.58 Å². The molecule has 0 saturated heterocycles. The van der Waals surface area contributed by atoms with Crippen LogP contribution in [0.4, 0.5) is 4.39 Å². The molecular weight excluding hydrogens is 345 g/mol. The summed E-state index contributed by atoms with van der Waals surface area (Å²) in [6.45, 7) is 4.06. The van der Waals surface area contributed by atoms with Crippen molar-refractivity contribution in [1.82, 2.24) is 14.7 Å². The second-order valence-electron chi connectivity index (χ2n) is 7.04. The first-order chi connectivity index (χ1) is 12.9. The Balaban J connectivity index is 1.81. The van der Waals surface area contributed by atoms with Crippen molar-refractivity contribution in [3.05, 3.63) is 76.2 Å². The second kappa shape index (κ2) is 6.63. The average Bonchev–Trinajstić information content (AvgIpc) is 3.12. The Labute approximate surface area is 156 Å². The zero-order valence-electron chi connectivity index (χ0n) is 15.2. The van der Waals surface area contributed by atoms with Gasteiger partial charge in [0, 0.05) is 24.2 Å². The first kappa shape index (κ1) is 17.4. The van der Waals surface area contributed by atoms with E-state index in [1.54, 1.807) is 6.07 Å². The molecule has 0 fully saturated rings. The number of hydrogen-bond acceptors (Lipinski definition) is 3. The molecule has 0 amide bonds. The van der Waals surface area contributed by atoms with Crippen LogP contribution in [0.2, 0.25) is 0 Å². The zero-order valence-corrected chi connectivity index (χ0v) is 15.2. The Hall–Kier alpha value is -2.99. The van der Waals surface area contributed by atoms with Crippen LogP contribution >= 0.6 is 0 Å². The van der Waals surface area contributed by atoms with Crippen molar-refractivity contribution in [3.8, 4) is 11.3 Å². The lowest BCUT2D eigenvalue weighted by atomic mass is 10.0. The van der Waals surface area contributed by atoms with Gasteiger partial charge in [0.05, 0.1) is 23.5 Å². The van der Waals surface area contributed by atoms with Gasteiger partial charge >= 0.3 is 5.97 Å². The number of aryl methyl sites for hydroxylation is 1. The van der Waals surface area contributed by atoms with E-state index in [1.807, 2.05) is 16.8 Å². The molecule has 3 aromatic rings. The van der Waals surface area contributed by atoms with E-state index in [9.17, 15) is 14.3 Å². The van der Waals surface area contributed by atoms with Crippen molar-refractivity contribution in [2.75, 3.05) is 7.05 Å². The molecule has 27 heavy (non-hydrogen) atoms. The average molecular weight is 365 g/mol. The van der Waals surface area contributed by atoms with Gasteiger partial charge < -0.3 is 5.11 Å². The zero-order chi connectivity index (χ0) is 19.1. The number of nitrogens with zero attached hydrogens (tertiary/aromatic N) is 3. The largest absolute Gasteiger partial charge is 0.478 e. The highest BCUT2D eigenvalue weighted by Crippen LogP contribution is 2.34. The third-order valence-electron chi connectivity index (χ3n) is 4.98. The molecule has 0 spiro atoms. The Kier molecular flexibility index (Phi) is 4.28. The van der Waals surface area contributed by atoms with Crippen LogP contribution in [-0.2, 0) is 19.6 Å². The van der Waals surface area contributed by atoms with Gasteiger partial charge in [0.1, 0.15) is 5.82 Å². The summed E-state index contributed by atoms with van der Waals surface area (Å²) in [5.74, 6) is -1.99. The number of carboxylic acid groups (broad SMARTS) is 1. The van der Waals surface area contributed by atoms with Crippen molar-refractivity contribution in [1.29, 1.82) is 0 Å². The summed E-state index contributed by atoms with van der Waals surface area (Å²) in [6, 6.07) is 12.4. The van der Waals surface area contributed by atoms with Gasteiger partial charge in [-0.05, 0) is 37.2 Å². The van der Waals surface area contributed by atoms with Gasteiger partial charge in [0.15, 0.2) is 0 Å². The molecule has 0 saturated carbocycles. The highest BCUT2D eigenvalue weighted by atomic mass is 19.1. The van der Waals surface area contributed by atoms with Crippen LogP contribution in [-0.4, -0.2) is 32.8 Å². The van der Waals surface area contributed by atoms with Gasteiger partial charge in [0.2, 0.25) is 0 Å². The van der Waals surface area contributed by atoms with Gasteiger partial charge in [0.25, 0.3) is 0 Å². The summed E-state index contributed by atoms with van der Waals surface area (Å²) in [4.78, 5) is 13.5. The molecule has 1 aromatic heterocycles. The Morgan fingerprint density at radius 2 is 2.00 bits per heavy atom. The molecule has 5 nitrogen and oxygen atoms in total.